The molecule has 10 heteroatoms. The normalized spacial score (nSPS) is 24.6. The predicted molar refractivity (Wildman–Crippen MR) is 130 cm³/mol. The van der Waals surface area contributed by atoms with Gasteiger partial charge in [-0.25, -0.2) is 4.98 Å². The van der Waals surface area contributed by atoms with Crippen molar-refractivity contribution in [2.24, 2.45) is 5.92 Å². The fraction of sp³-hybridized carbons (Fsp3) is 0.538. The Morgan fingerprint density at radius 2 is 1.83 bits per heavy atom. The van der Waals surface area contributed by atoms with Gasteiger partial charge < -0.3 is 19.9 Å². The van der Waals surface area contributed by atoms with Crippen molar-refractivity contribution in [2.45, 2.75) is 50.6 Å². The lowest BCUT2D eigenvalue weighted by Crippen LogP contribution is -2.45. The first-order valence-electron chi connectivity index (χ1n) is 12.7. The van der Waals surface area contributed by atoms with Crippen LogP contribution in [0.2, 0.25) is 0 Å². The van der Waals surface area contributed by atoms with Gasteiger partial charge in [-0.1, -0.05) is 6.07 Å². The van der Waals surface area contributed by atoms with Crippen LogP contribution in [-0.2, 0) is 16.1 Å². The van der Waals surface area contributed by atoms with Crippen LogP contribution in [-0.4, -0.2) is 66.9 Å². The zero-order chi connectivity index (χ0) is 24.9. The van der Waals surface area contributed by atoms with E-state index in [-0.39, 0.29) is 37.1 Å². The first-order valence-corrected chi connectivity index (χ1v) is 12.7. The number of carbonyl (C=O) groups is 1. The Labute approximate surface area is 208 Å². The zero-order valence-corrected chi connectivity index (χ0v) is 20.0. The highest BCUT2D eigenvalue weighted by atomic mass is 19.4. The van der Waals surface area contributed by atoms with Crippen LogP contribution >= 0.6 is 0 Å². The molecule has 5 heterocycles. The number of nitrogens with one attached hydrogen (secondary N) is 1. The summed E-state index contributed by atoms with van der Waals surface area (Å²) in [6.45, 7) is 1.64. The molecule has 2 aromatic rings. The number of benzene rings is 1. The van der Waals surface area contributed by atoms with Crippen molar-refractivity contribution in [2.75, 3.05) is 47.8 Å². The maximum atomic E-state index is 13.9. The molecule has 1 N–H and O–H groups in total. The Kier molecular flexibility index (Phi) is 6.03. The molecule has 4 aliphatic rings. The van der Waals surface area contributed by atoms with Gasteiger partial charge in [0.2, 0.25) is 5.91 Å². The third kappa shape index (κ3) is 4.76. The number of fused-ring (bicyclic) bond motifs is 4. The number of amides is 1. The fourth-order valence-electron chi connectivity index (χ4n) is 5.94. The average molecular weight is 502 g/mol. The third-order valence-corrected chi connectivity index (χ3v) is 7.76. The summed E-state index contributed by atoms with van der Waals surface area (Å²) in [5.41, 5.74) is 3.54. The number of carbonyl (C=O) groups excluding carboxylic acids is 1. The van der Waals surface area contributed by atoms with E-state index in [1.807, 2.05) is 18.2 Å². The molecule has 2 bridgehead atoms. The Morgan fingerprint density at radius 1 is 1.08 bits per heavy atom. The average Bonchev–Trinajstić information content (AvgIpc) is 3.10. The van der Waals surface area contributed by atoms with Gasteiger partial charge in [-0.15, -0.1) is 0 Å². The van der Waals surface area contributed by atoms with Crippen LogP contribution in [0.15, 0.2) is 36.5 Å². The Hall–Kier alpha value is -2.85. The van der Waals surface area contributed by atoms with Crippen molar-refractivity contribution in [1.29, 1.82) is 0 Å². The molecule has 1 amide bonds. The van der Waals surface area contributed by atoms with Gasteiger partial charge in [0, 0.05) is 36.5 Å². The molecule has 0 aliphatic carbocycles. The lowest BCUT2D eigenvalue weighted by atomic mass is 9.94. The van der Waals surface area contributed by atoms with Crippen LogP contribution in [0.4, 0.5) is 36.1 Å². The number of piperidine rings is 1. The molecule has 0 radical (unpaired) electrons. The monoisotopic (exact) mass is 501 g/mol. The molecule has 3 saturated heterocycles. The van der Waals surface area contributed by atoms with Crippen molar-refractivity contribution in [3.05, 3.63) is 42.1 Å². The molecule has 36 heavy (non-hydrogen) atoms. The number of anilines is 4. The van der Waals surface area contributed by atoms with Crippen LogP contribution in [0, 0.1) is 5.92 Å². The number of hydrogen-bond donors (Lipinski definition) is 1. The number of hydrogen-bond acceptors (Lipinski definition) is 6. The summed E-state index contributed by atoms with van der Waals surface area (Å²) in [6.07, 6.45) is 0.970. The van der Waals surface area contributed by atoms with Gasteiger partial charge >= 0.3 is 6.18 Å². The summed E-state index contributed by atoms with van der Waals surface area (Å²) in [5.74, 6) is 0.357. The number of ether oxygens (including phenoxy) is 1. The smallest absolute Gasteiger partial charge is 0.371 e. The maximum absolute atomic E-state index is 13.9. The Morgan fingerprint density at radius 3 is 2.56 bits per heavy atom. The van der Waals surface area contributed by atoms with Gasteiger partial charge in [0.05, 0.1) is 36.7 Å². The highest BCUT2D eigenvalue weighted by molar-refractivity contribution is 6.00. The van der Waals surface area contributed by atoms with E-state index in [1.165, 1.54) is 4.90 Å². The summed E-state index contributed by atoms with van der Waals surface area (Å²) >= 11 is 0. The molecule has 1 aromatic heterocycles. The fourth-order valence-corrected chi connectivity index (χ4v) is 5.94. The van der Waals surface area contributed by atoms with Crippen molar-refractivity contribution < 1.29 is 22.7 Å². The molecule has 1 aromatic carbocycles. The summed E-state index contributed by atoms with van der Waals surface area (Å²) in [7, 11) is 0. The molecular weight excluding hydrogens is 471 g/mol. The SMILES string of the molecule is O=C(C1CCN(CC(F)(F)F)CC1)N1Cc2cccnc2Nc2ccc(N3C[C@H]4CC[C@@H](C3)O4)cc21. The number of morpholine rings is 1. The minimum absolute atomic E-state index is 0.0411. The summed E-state index contributed by atoms with van der Waals surface area (Å²) in [6, 6.07) is 9.94. The molecule has 6 rings (SSSR count). The summed E-state index contributed by atoms with van der Waals surface area (Å²) < 4.78 is 44.5. The van der Waals surface area contributed by atoms with Gasteiger partial charge in [-0.2, -0.15) is 13.2 Å². The maximum Gasteiger partial charge on any atom is 0.401 e. The largest absolute Gasteiger partial charge is 0.401 e. The van der Waals surface area contributed by atoms with Crippen molar-refractivity contribution in [1.82, 2.24) is 9.88 Å². The lowest BCUT2D eigenvalue weighted by Gasteiger charge is -2.36. The van der Waals surface area contributed by atoms with Crippen LogP contribution in [0.1, 0.15) is 31.2 Å². The van der Waals surface area contributed by atoms with Crippen LogP contribution < -0.4 is 15.1 Å². The third-order valence-electron chi connectivity index (χ3n) is 7.76. The van der Waals surface area contributed by atoms with Gasteiger partial charge in [0.1, 0.15) is 5.82 Å². The van der Waals surface area contributed by atoms with E-state index in [0.29, 0.717) is 25.2 Å². The molecule has 2 atom stereocenters. The lowest BCUT2D eigenvalue weighted by molar-refractivity contribution is -0.149. The minimum Gasteiger partial charge on any atom is -0.371 e. The van der Waals surface area contributed by atoms with Gasteiger partial charge in [0.15, 0.2) is 0 Å². The second-order valence-electron chi connectivity index (χ2n) is 10.3. The summed E-state index contributed by atoms with van der Waals surface area (Å²) in [5, 5.41) is 3.40. The molecule has 192 valence electrons. The van der Waals surface area contributed by atoms with E-state index >= 15 is 0 Å². The van der Waals surface area contributed by atoms with E-state index in [4.69, 9.17) is 4.74 Å². The van der Waals surface area contributed by atoms with E-state index in [0.717, 1.165) is 48.6 Å². The topological polar surface area (TPSA) is 60.9 Å². The van der Waals surface area contributed by atoms with Crippen molar-refractivity contribution in [3.8, 4) is 0 Å². The van der Waals surface area contributed by atoms with E-state index in [2.05, 4.69) is 27.3 Å². The summed E-state index contributed by atoms with van der Waals surface area (Å²) in [4.78, 5) is 23.9. The van der Waals surface area contributed by atoms with Crippen LogP contribution in [0.3, 0.4) is 0 Å². The highest BCUT2D eigenvalue weighted by Crippen LogP contribution is 2.40. The zero-order valence-electron chi connectivity index (χ0n) is 20.0. The molecular formula is C26H30F3N5O2. The van der Waals surface area contributed by atoms with E-state index < -0.39 is 12.7 Å². The number of pyridine rings is 1. The molecule has 0 saturated carbocycles. The number of aromatic nitrogens is 1. The first-order chi connectivity index (χ1) is 17.3. The second-order valence-corrected chi connectivity index (χ2v) is 10.3. The first kappa shape index (κ1) is 23.5. The molecule has 7 nitrogen and oxygen atoms in total. The van der Waals surface area contributed by atoms with Gasteiger partial charge in [-0.05, 0) is 63.0 Å². The van der Waals surface area contributed by atoms with Crippen molar-refractivity contribution >= 4 is 28.8 Å². The number of halogens is 3. The minimum atomic E-state index is -4.22. The van der Waals surface area contributed by atoms with E-state index in [9.17, 15) is 18.0 Å². The number of likely N-dealkylation sites (tertiary alicyclic amines) is 1. The standard InChI is InChI=1S/C26H30F3N5O2/c27-26(28,29)16-32-10-7-17(8-11-32)25(35)34-13-18-2-1-9-30-24(18)31-22-6-3-19(12-23(22)34)33-14-20-4-5-21(15-33)36-20/h1-3,6,9,12,17,20-21H,4-5,7-8,10-11,13-16H2,(H,30,31)/t20-,21+. The number of rotatable bonds is 3. The predicted octanol–water partition coefficient (Wildman–Crippen LogP) is 4.31. The van der Waals surface area contributed by atoms with Crippen molar-refractivity contribution in [3.63, 3.8) is 0 Å². The van der Waals surface area contributed by atoms with Crippen LogP contribution in [0.25, 0.3) is 0 Å². The van der Waals surface area contributed by atoms with E-state index in [1.54, 1.807) is 11.1 Å². The quantitative estimate of drug-likeness (QED) is 0.677. The molecule has 4 aliphatic heterocycles. The second kappa shape index (κ2) is 9.23. The number of nitrogens with zero attached hydrogens (tertiary/aromatic N) is 4. The molecule has 0 unspecified atom stereocenters. The van der Waals surface area contributed by atoms with Gasteiger partial charge in [0.25, 0.3) is 0 Å². The van der Waals surface area contributed by atoms with Crippen LogP contribution in [0.5, 0.6) is 0 Å². The Balaban J connectivity index is 1.28. The highest BCUT2D eigenvalue weighted by Gasteiger charge is 2.37. The molecule has 3 fully saturated rings. The molecule has 0 spiro atoms. The van der Waals surface area contributed by atoms with Gasteiger partial charge in [-0.3, -0.25) is 9.69 Å². The number of alkyl halides is 3. The Bertz CT molecular complexity index is 1120.